The van der Waals surface area contributed by atoms with Gasteiger partial charge in [-0.05, 0) is 6.07 Å². The Morgan fingerprint density at radius 2 is 1.88 bits per heavy atom. The molecule has 1 aliphatic rings. The summed E-state index contributed by atoms with van der Waals surface area (Å²) in [6.45, 7) is -0.414. The van der Waals surface area contributed by atoms with Gasteiger partial charge in [-0.1, -0.05) is 18.2 Å². The molecule has 0 amide bonds. The van der Waals surface area contributed by atoms with E-state index < -0.39 is 36.8 Å². The SMILES string of the molecule is OC[C@H]1O[C@@H](c2ccccc2F)[C@H](O)[C@@H]1O. The van der Waals surface area contributed by atoms with Crippen LogP contribution in [0.25, 0.3) is 0 Å². The van der Waals surface area contributed by atoms with Crippen LogP contribution in [0, 0.1) is 5.82 Å². The first kappa shape index (κ1) is 11.5. The van der Waals surface area contributed by atoms with Crippen LogP contribution in [0.1, 0.15) is 11.7 Å². The molecule has 0 bridgehead atoms. The van der Waals surface area contributed by atoms with Crippen molar-refractivity contribution in [3.63, 3.8) is 0 Å². The Morgan fingerprint density at radius 3 is 2.44 bits per heavy atom. The number of aliphatic hydroxyl groups is 3. The van der Waals surface area contributed by atoms with E-state index >= 15 is 0 Å². The molecule has 1 aromatic rings. The highest BCUT2D eigenvalue weighted by Gasteiger charge is 2.43. The second-order valence-electron chi connectivity index (χ2n) is 3.78. The summed E-state index contributed by atoms with van der Waals surface area (Å²) < 4.78 is 18.6. The smallest absolute Gasteiger partial charge is 0.129 e. The first-order valence-corrected chi connectivity index (χ1v) is 5.02. The molecule has 0 unspecified atom stereocenters. The van der Waals surface area contributed by atoms with Crippen molar-refractivity contribution in [2.24, 2.45) is 0 Å². The van der Waals surface area contributed by atoms with Crippen molar-refractivity contribution >= 4 is 0 Å². The maximum Gasteiger partial charge on any atom is 0.129 e. The topological polar surface area (TPSA) is 69.9 Å². The van der Waals surface area contributed by atoms with Crippen LogP contribution >= 0.6 is 0 Å². The van der Waals surface area contributed by atoms with Gasteiger partial charge in [-0.25, -0.2) is 4.39 Å². The number of rotatable bonds is 2. The van der Waals surface area contributed by atoms with Gasteiger partial charge in [0.1, 0.15) is 30.2 Å². The van der Waals surface area contributed by atoms with Crippen molar-refractivity contribution in [2.75, 3.05) is 6.61 Å². The van der Waals surface area contributed by atoms with Gasteiger partial charge in [-0.15, -0.1) is 0 Å². The molecule has 0 spiro atoms. The van der Waals surface area contributed by atoms with E-state index in [2.05, 4.69) is 0 Å². The quantitative estimate of drug-likeness (QED) is 0.665. The predicted octanol–water partition coefficient (Wildman–Crippen LogP) is -0.0203. The Balaban J connectivity index is 2.26. The molecule has 1 heterocycles. The Bertz CT molecular complexity index is 371. The summed E-state index contributed by atoms with van der Waals surface area (Å²) in [5, 5.41) is 28.1. The lowest BCUT2D eigenvalue weighted by molar-refractivity contribution is -0.0236. The molecule has 0 aromatic heterocycles. The Hall–Kier alpha value is -1.01. The van der Waals surface area contributed by atoms with Crippen LogP contribution in [-0.2, 0) is 4.74 Å². The van der Waals surface area contributed by atoms with E-state index in [-0.39, 0.29) is 5.56 Å². The molecule has 1 saturated heterocycles. The summed E-state index contributed by atoms with van der Waals surface area (Å²) in [6.07, 6.45) is -4.24. The lowest BCUT2D eigenvalue weighted by Crippen LogP contribution is -2.32. The second kappa shape index (κ2) is 4.47. The molecule has 4 nitrogen and oxygen atoms in total. The molecular formula is C11H13FO4. The molecule has 1 fully saturated rings. The molecule has 0 radical (unpaired) electrons. The van der Waals surface area contributed by atoms with Crippen LogP contribution in [0.3, 0.4) is 0 Å². The summed E-state index contributed by atoms with van der Waals surface area (Å²) >= 11 is 0. The van der Waals surface area contributed by atoms with Gasteiger partial charge in [0.05, 0.1) is 6.61 Å². The average molecular weight is 228 g/mol. The molecule has 1 aromatic carbocycles. The number of aliphatic hydroxyl groups excluding tert-OH is 3. The standard InChI is InChI=1S/C11H13FO4/c12-7-4-2-1-3-6(7)11-10(15)9(14)8(5-13)16-11/h1-4,8-11,13-15H,5H2/t8-,9-,10-,11+/m1/s1. The highest BCUT2D eigenvalue weighted by atomic mass is 19.1. The Morgan fingerprint density at radius 1 is 1.19 bits per heavy atom. The molecule has 5 heteroatoms. The molecule has 2 rings (SSSR count). The van der Waals surface area contributed by atoms with Gasteiger partial charge in [-0.2, -0.15) is 0 Å². The van der Waals surface area contributed by atoms with Gasteiger partial charge in [0.25, 0.3) is 0 Å². The zero-order valence-electron chi connectivity index (χ0n) is 8.45. The highest BCUT2D eigenvalue weighted by molar-refractivity contribution is 5.22. The molecule has 88 valence electrons. The van der Waals surface area contributed by atoms with Crippen molar-refractivity contribution in [3.8, 4) is 0 Å². The number of hydrogen-bond donors (Lipinski definition) is 3. The maximum atomic E-state index is 13.4. The summed E-state index contributed by atoms with van der Waals surface area (Å²) in [7, 11) is 0. The van der Waals surface area contributed by atoms with Crippen molar-refractivity contribution in [1.82, 2.24) is 0 Å². The summed E-state index contributed by atoms with van der Waals surface area (Å²) in [4.78, 5) is 0. The van der Waals surface area contributed by atoms with E-state index in [0.717, 1.165) is 0 Å². The molecule has 3 N–H and O–H groups in total. The third-order valence-electron chi connectivity index (χ3n) is 2.75. The number of hydrogen-bond acceptors (Lipinski definition) is 4. The molecule has 0 aliphatic carbocycles. The van der Waals surface area contributed by atoms with Crippen molar-refractivity contribution in [2.45, 2.75) is 24.4 Å². The number of halogens is 1. The van der Waals surface area contributed by atoms with Gasteiger partial charge in [0.2, 0.25) is 0 Å². The van der Waals surface area contributed by atoms with E-state index in [1.807, 2.05) is 0 Å². The first-order valence-electron chi connectivity index (χ1n) is 5.02. The van der Waals surface area contributed by atoms with Gasteiger partial charge in [-0.3, -0.25) is 0 Å². The van der Waals surface area contributed by atoms with Gasteiger partial charge in [0, 0.05) is 5.56 Å². The number of benzene rings is 1. The fourth-order valence-electron chi connectivity index (χ4n) is 1.86. The lowest BCUT2D eigenvalue weighted by atomic mass is 10.0. The average Bonchev–Trinajstić information content (AvgIpc) is 2.57. The van der Waals surface area contributed by atoms with Crippen LogP contribution in [0.5, 0.6) is 0 Å². The van der Waals surface area contributed by atoms with E-state index in [1.54, 1.807) is 6.07 Å². The van der Waals surface area contributed by atoms with Gasteiger partial charge >= 0.3 is 0 Å². The zero-order valence-corrected chi connectivity index (χ0v) is 8.45. The minimum atomic E-state index is -1.23. The fraction of sp³-hybridized carbons (Fsp3) is 0.455. The van der Waals surface area contributed by atoms with Crippen molar-refractivity contribution < 1.29 is 24.4 Å². The van der Waals surface area contributed by atoms with Crippen LogP contribution in [-0.4, -0.2) is 40.2 Å². The van der Waals surface area contributed by atoms with Crippen LogP contribution in [0.4, 0.5) is 4.39 Å². The van der Waals surface area contributed by atoms with Gasteiger partial charge < -0.3 is 20.1 Å². The van der Waals surface area contributed by atoms with E-state index in [1.165, 1.54) is 18.2 Å². The number of ether oxygens (including phenoxy) is 1. The van der Waals surface area contributed by atoms with Crippen LogP contribution < -0.4 is 0 Å². The normalized spacial score (nSPS) is 34.2. The predicted molar refractivity (Wildman–Crippen MR) is 53.1 cm³/mol. The monoisotopic (exact) mass is 228 g/mol. The van der Waals surface area contributed by atoms with E-state index in [9.17, 15) is 14.6 Å². The summed E-state index contributed by atoms with van der Waals surface area (Å²) in [5.41, 5.74) is 0.185. The van der Waals surface area contributed by atoms with Crippen LogP contribution in [0.2, 0.25) is 0 Å². The third-order valence-corrected chi connectivity index (χ3v) is 2.75. The van der Waals surface area contributed by atoms with Crippen LogP contribution in [0.15, 0.2) is 24.3 Å². The summed E-state index contributed by atoms with van der Waals surface area (Å²) in [5.74, 6) is -0.502. The minimum absolute atomic E-state index is 0.185. The summed E-state index contributed by atoms with van der Waals surface area (Å²) in [6, 6.07) is 5.88. The van der Waals surface area contributed by atoms with E-state index in [4.69, 9.17) is 9.84 Å². The molecule has 16 heavy (non-hydrogen) atoms. The van der Waals surface area contributed by atoms with Crippen molar-refractivity contribution in [1.29, 1.82) is 0 Å². The minimum Gasteiger partial charge on any atom is -0.394 e. The molecule has 4 atom stereocenters. The van der Waals surface area contributed by atoms with Crippen molar-refractivity contribution in [3.05, 3.63) is 35.6 Å². The fourth-order valence-corrected chi connectivity index (χ4v) is 1.86. The highest BCUT2D eigenvalue weighted by Crippen LogP contribution is 2.34. The zero-order chi connectivity index (χ0) is 11.7. The maximum absolute atomic E-state index is 13.4. The Kier molecular flexibility index (Phi) is 3.20. The molecule has 0 saturated carbocycles. The second-order valence-corrected chi connectivity index (χ2v) is 3.78. The van der Waals surface area contributed by atoms with E-state index in [0.29, 0.717) is 0 Å². The first-order chi connectivity index (χ1) is 7.65. The molecule has 1 aliphatic heterocycles. The lowest BCUT2D eigenvalue weighted by Gasteiger charge is -2.15. The Labute approximate surface area is 91.9 Å². The third kappa shape index (κ3) is 1.82. The molecular weight excluding hydrogens is 215 g/mol. The van der Waals surface area contributed by atoms with Gasteiger partial charge in [0.15, 0.2) is 0 Å². The largest absolute Gasteiger partial charge is 0.394 e.